The van der Waals surface area contributed by atoms with Crippen LogP contribution in [0.5, 0.6) is 0 Å². The van der Waals surface area contributed by atoms with Gasteiger partial charge in [0.2, 0.25) is 0 Å². The Kier molecular flexibility index (Phi) is 2.73. The maximum Gasteiger partial charge on any atom is 0.177 e. The van der Waals surface area contributed by atoms with Crippen LogP contribution < -0.4 is 0 Å². The molecule has 0 unspecified atom stereocenters. The average Bonchev–Trinajstić information content (AvgIpc) is 2.78. The smallest absolute Gasteiger partial charge is 0.177 e. The lowest BCUT2D eigenvalue weighted by Crippen LogP contribution is -1.99. The van der Waals surface area contributed by atoms with Gasteiger partial charge in [0.15, 0.2) is 5.78 Å². The van der Waals surface area contributed by atoms with Crippen LogP contribution in [0.15, 0.2) is 29.1 Å². The summed E-state index contributed by atoms with van der Waals surface area (Å²) in [5.41, 5.74) is 2.12. The molecule has 2 rings (SSSR count). The molecule has 0 fully saturated rings. The summed E-state index contributed by atoms with van der Waals surface area (Å²) in [7, 11) is 0. The first-order valence-electron chi connectivity index (χ1n) is 4.78. The van der Waals surface area contributed by atoms with Crippen molar-refractivity contribution in [3.63, 3.8) is 0 Å². The van der Waals surface area contributed by atoms with Crippen LogP contribution in [0.25, 0.3) is 0 Å². The summed E-state index contributed by atoms with van der Waals surface area (Å²) in [5.74, 6) is 0.164. The van der Waals surface area contributed by atoms with E-state index in [4.69, 9.17) is 4.42 Å². The van der Waals surface area contributed by atoms with Gasteiger partial charge in [0.05, 0.1) is 17.4 Å². The second-order valence-electron chi connectivity index (χ2n) is 3.58. The topological polar surface area (TPSA) is 30.2 Å². The third-order valence-electron chi connectivity index (χ3n) is 2.39. The molecule has 15 heavy (non-hydrogen) atoms. The number of furan rings is 1. The maximum absolute atomic E-state index is 11.8. The number of carbonyl (C=O) groups excluding carboxylic acids is 1. The third kappa shape index (κ3) is 2.18. The first kappa shape index (κ1) is 10.2. The fourth-order valence-corrected chi connectivity index (χ4v) is 2.35. The van der Waals surface area contributed by atoms with E-state index in [2.05, 4.69) is 0 Å². The van der Waals surface area contributed by atoms with Crippen LogP contribution in [0.2, 0.25) is 0 Å². The zero-order valence-electron chi connectivity index (χ0n) is 8.74. The quantitative estimate of drug-likeness (QED) is 0.742. The molecule has 0 atom stereocenters. The molecule has 0 aliphatic carbocycles. The van der Waals surface area contributed by atoms with E-state index in [0.717, 1.165) is 10.4 Å². The number of aryl methyl sites for hydroxylation is 2. The number of rotatable bonds is 3. The summed E-state index contributed by atoms with van der Waals surface area (Å²) < 4.78 is 4.93. The van der Waals surface area contributed by atoms with E-state index in [1.54, 1.807) is 23.9 Å². The molecule has 0 saturated carbocycles. The van der Waals surface area contributed by atoms with E-state index in [0.29, 0.717) is 6.42 Å². The maximum atomic E-state index is 11.8. The fraction of sp³-hybridized carbons (Fsp3) is 0.250. The van der Waals surface area contributed by atoms with Gasteiger partial charge in [-0.15, -0.1) is 11.3 Å². The number of carbonyl (C=O) groups is 1. The molecule has 0 aromatic carbocycles. The molecule has 0 radical (unpaired) electrons. The number of Topliss-reactive ketones (excluding diaryl/α,β-unsaturated/α-hetero) is 1. The zero-order chi connectivity index (χ0) is 10.8. The second kappa shape index (κ2) is 4.03. The van der Waals surface area contributed by atoms with Crippen LogP contribution in [0.3, 0.4) is 0 Å². The summed E-state index contributed by atoms with van der Waals surface area (Å²) in [5, 5.41) is 0. The van der Waals surface area contributed by atoms with Gasteiger partial charge in [-0.1, -0.05) is 0 Å². The molecule has 0 aliphatic rings. The molecule has 0 amide bonds. The van der Waals surface area contributed by atoms with E-state index < -0.39 is 0 Å². The minimum atomic E-state index is 0.164. The highest BCUT2D eigenvalue weighted by molar-refractivity contribution is 7.14. The Morgan fingerprint density at radius 3 is 2.80 bits per heavy atom. The Morgan fingerprint density at radius 1 is 1.47 bits per heavy atom. The lowest BCUT2D eigenvalue weighted by Gasteiger charge is -1.93. The average molecular weight is 220 g/mol. The number of ketones is 1. The Balaban J connectivity index is 2.15. The van der Waals surface area contributed by atoms with Crippen molar-refractivity contribution < 1.29 is 9.21 Å². The number of thiophene rings is 1. The van der Waals surface area contributed by atoms with Crippen LogP contribution in [0.1, 0.15) is 25.7 Å². The summed E-state index contributed by atoms with van der Waals surface area (Å²) in [6.07, 6.45) is 3.63. The minimum absolute atomic E-state index is 0.164. The highest BCUT2D eigenvalue weighted by atomic mass is 32.1. The van der Waals surface area contributed by atoms with Gasteiger partial charge in [-0.3, -0.25) is 4.79 Å². The Labute approximate surface area is 92.5 Å². The fourth-order valence-electron chi connectivity index (χ4n) is 1.38. The molecule has 78 valence electrons. The first-order chi connectivity index (χ1) is 7.16. The lowest BCUT2D eigenvalue weighted by atomic mass is 10.1. The summed E-state index contributed by atoms with van der Waals surface area (Å²) >= 11 is 1.56. The molecule has 0 bridgehead atoms. The standard InChI is InChI=1S/C12H12O2S/c1-8-5-12(15-9(8)2)11(13)6-10-3-4-14-7-10/h3-5,7H,6H2,1-2H3. The SMILES string of the molecule is Cc1cc(C(=O)Cc2ccoc2)sc1C. The predicted molar refractivity (Wildman–Crippen MR) is 60.5 cm³/mol. The second-order valence-corrected chi connectivity index (χ2v) is 4.84. The Morgan fingerprint density at radius 2 is 2.27 bits per heavy atom. The van der Waals surface area contributed by atoms with Crippen molar-refractivity contribution in [3.8, 4) is 0 Å². The highest BCUT2D eigenvalue weighted by Crippen LogP contribution is 2.22. The van der Waals surface area contributed by atoms with Crippen LogP contribution >= 0.6 is 11.3 Å². The van der Waals surface area contributed by atoms with Crippen LogP contribution in [0.4, 0.5) is 0 Å². The zero-order valence-corrected chi connectivity index (χ0v) is 9.56. The van der Waals surface area contributed by atoms with Crippen LogP contribution in [-0.4, -0.2) is 5.78 Å². The Bertz CT molecular complexity index is 446. The largest absolute Gasteiger partial charge is 0.472 e. The molecule has 2 nitrogen and oxygen atoms in total. The van der Waals surface area contributed by atoms with Gasteiger partial charge in [0, 0.05) is 11.3 Å². The van der Waals surface area contributed by atoms with Gasteiger partial charge in [0.1, 0.15) is 0 Å². The van der Waals surface area contributed by atoms with Gasteiger partial charge in [0.25, 0.3) is 0 Å². The molecule has 0 N–H and O–H groups in total. The van der Waals surface area contributed by atoms with Crippen molar-refractivity contribution in [1.29, 1.82) is 0 Å². The van der Waals surface area contributed by atoms with E-state index in [9.17, 15) is 4.79 Å². The van der Waals surface area contributed by atoms with Crippen molar-refractivity contribution in [3.05, 3.63) is 45.5 Å². The normalized spacial score (nSPS) is 10.5. The molecule has 2 aromatic heterocycles. The van der Waals surface area contributed by atoms with E-state index in [-0.39, 0.29) is 5.78 Å². The molecule has 2 aromatic rings. The van der Waals surface area contributed by atoms with Gasteiger partial charge >= 0.3 is 0 Å². The number of hydrogen-bond acceptors (Lipinski definition) is 3. The van der Waals surface area contributed by atoms with Gasteiger partial charge in [-0.2, -0.15) is 0 Å². The van der Waals surface area contributed by atoms with E-state index >= 15 is 0 Å². The van der Waals surface area contributed by atoms with Crippen molar-refractivity contribution in [1.82, 2.24) is 0 Å². The van der Waals surface area contributed by atoms with E-state index in [1.807, 2.05) is 26.0 Å². The van der Waals surface area contributed by atoms with E-state index in [1.165, 1.54) is 10.4 Å². The molecule has 0 saturated heterocycles. The lowest BCUT2D eigenvalue weighted by molar-refractivity contribution is 0.0996. The van der Waals surface area contributed by atoms with Crippen molar-refractivity contribution in [2.24, 2.45) is 0 Å². The summed E-state index contributed by atoms with van der Waals surface area (Å²) in [6, 6.07) is 3.79. The first-order valence-corrected chi connectivity index (χ1v) is 5.60. The molecule has 3 heteroatoms. The molecular weight excluding hydrogens is 208 g/mol. The summed E-state index contributed by atoms with van der Waals surface area (Å²) in [6.45, 7) is 4.06. The Hall–Kier alpha value is -1.35. The van der Waals surface area contributed by atoms with Crippen molar-refractivity contribution in [2.75, 3.05) is 0 Å². The third-order valence-corrected chi connectivity index (χ3v) is 3.58. The van der Waals surface area contributed by atoms with Gasteiger partial charge < -0.3 is 4.42 Å². The molecule has 0 aliphatic heterocycles. The monoisotopic (exact) mass is 220 g/mol. The number of hydrogen-bond donors (Lipinski definition) is 0. The minimum Gasteiger partial charge on any atom is -0.472 e. The van der Waals surface area contributed by atoms with Crippen LogP contribution in [-0.2, 0) is 6.42 Å². The molecular formula is C12H12O2S. The van der Waals surface area contributed by atoms with Crippen molar-refractivity contribution >= 4 is 17.1 Å². The van der Waals surface area contributed by atoms with Gasteiger partial charge in [-0.25, -0.2) is 0 Å². The van der Waals surface area contributed by atoms with Crippen molar-refractivity contribution in [2.45, 2.75) is 20.3 Å². The van der Waals surface area contributed by atoms with Crippen LogP contribution in [0, 0.1) is 13.8 Å². The molecule has 2 heterocycles. The highest BCUT2D eigenvalue weighted by Gasteiger charge is 2.11. The predicted octanol–water partition coefficient (Wildman–Crippen LogP) is 3.38. The van der Waals surface area contributed by atoms with Gasteiger partial charge in [-0.05, 0) is 37.1 Å². The summed E-state index contributed by atoms with van der Waals surface area (Å²) in [4.78, 5) is 13.9. The molecule has 0 spiro atoms.